The normalized spacial score (nSPS) is 11.4. The van der Waals surface area contributed by atoms with Crippen molar-refractivity contribution in [2.24, 2.45) is 0 Å². The Morgan fingerprint density at radius 3 is 1.50 bits per heavy atom. The molecular weight excluding hydrogens is 527 g/mol. The van der Waals surface area contributed by atoms with Gasteiger partial charge in [-0.25, -0.2) is 0 Å². The molecule has 1 nitrogen and oxygen atoms in total. The maximum Gasteiger partial charge on any atom is 0.0456 e. The zero-order valence-corrected chi connectivity index (χ0v) is 24.1. The van der Waals surface area contributed by atoms with Crippen molar-refractivity contribution in [2.45, 2.75) is 0 Å². The van der Waals surface area contributed by atoms with Gasteiger partial charge in [-0.05, 0) is 63.5 Å². The first-order valence-electron chi connectivity index (χ1n) is 14.1. The van der Waals surface area contributed by atoms with Gasteiger partial charge >= 0.3 is 0 Å². The number of allylic oxidation sites excluding steroid dienone is 2. The van der Waals surface area contributed by atoms with Gasteiger partial charge in [0.15, 0.2) is 0 Å². The fourth-order valence-electron chi connectivity index (χ4n) is 4.94. The molecule has 0 N–H and O–H groups in total. The van der Waals surface area contributed by atoms with Gasteiger partial charge in [-0.2, -0.15) is 0 Å². The monoisotopic (exact) mass is 557 g/mol. The quantitative estimate of drug-likeness (QED) is 0.160. The Morgan fingerprint density at radius 1 is 0.476 bits per heavy atom. The number of nitrogens with zero attached hydrogens (tertiary/aromatic N) is 1. The minimum Gasteiger partial charge on any atom is -0.317 e. The second-order valence-corrected chi connectivity index (χ2v) is 10.8. The lowest BCUT2D eigenvalue weighted by atomic mass is 9.98. The topological polar surface area (TPSA) is 3.24 Å². The van der Waals surface area contributed by atoms with Crippen molar-refractivity contribution in [2.75, 3.05) is 4.90 Å². The third-order valence-electron chi connectivity index (χ3n) is 7.06. The van der Waals surface area contributed by atoms with Crippen molar-refractivity contribution < 1.29 is 0 Å². The Hall–Kier alpha value is -5.18. The van der Waals surface area contributed by atoms with Crippen LogP contribution in [-0.2, 0) is 0 Å². The van der Waals surface area contributed by atoms with Crippen LogP contribution in [0, 0.1) is 0 Å². The molecule has 1 aromatic heterocycles. The molecule has 0 aliphatic rings. The van der Waals surface area contributed by atoms with Crippen LogP contribution in [0.4, 0.5) is 11.4 Å². The molecule has 0 aliphatic carbocycles. The number of anilines is 2. The summed E-state index contributed by atoms with van der Waals surface area (Å²) in [5.41, 5.74) is 9.32. The lowest BCUT2D eigenvalue weighted by Crippen LogP contribution is -2.10. The van der Waals surface area contributed by atoms with Crippen LogP contribution in [0.2, 0.25) is 0 Å². The van der Waals surface area contributed by atoms with E-state index in [1.165, 1.54) is 27.1 Å². The highest BCUT2D eigenvalue weighted by atomic mass is 32.1. The first kappa shape index (κ1) is 27.0. The molecule has 0 atom stereocenters. The zero-order chi connectivity index (χ0) is 28.4. The maximum absolute atomic E-state index is 2.27. The Morgan fingerprint density at radius 2 is 0.976 bits per heavy atom. The van der Waals surface area contributed by atoms with Gasteiger partial charge in [-0.3, -0.25) is 0 Å². The van der Waals surface area contributed by atoms with E-state index < -0.39 is 0 Å². The van der Waals surface area contributed by atoms with E-state index in [0.29, 0.717) is 0 Å². The minimum absolute atomic E-state index is 1.10. The molecule has 0 aliphatic heterocycles. The molecule has 0 bridgehead atoms. The van der Waals surface area contributed by atoms with E-state index in [1.807, 2.05) is 0 Å². The fourth-order valence-corrected chi connectivity index (χ4v) is 5.71. The first-order valence-corrected chi connectivity index (χ1v) is 15.0. The molecule has 0 amide bonds. The Labute approximate surface area is 252 Å². The van der Waals surface area contributed by atoms with Gasteiger partial charge < -0.3 is 4.90 Å². The van der Waals surface area contributed by atoms with E-state index in [9.17, 15) is 0 Å². The van der Waals surface area contributed by atoms with Crippen LogP contribution in [0.3, 0.4) is 0 Å². The average molecular weight is 558 g/mol. The molecule has 0 fully saturated rings. The van der Waals surface area contributed by atoms with Crippen LogP contribution in [0.15, 0.2) is 181 Å². The van der Waals surface area contributed by atoms with E-state index in [2.05, 4.69) is 192 Å². The number of hydrogen-bond donors (Lipinski definition) is 0. The highest BCUT2D eigenvalue weighted by Crippen LogP contribution is 2.32. The standard InChI is InChI=1S/C40H31NS/c1-5-16-33(17-6-1)38(40-25-14-30-42-40)24-13-15-32-26-28-37(29-27-32)41(36-22-11-4-12-23-36)31-39(34-18-7-2-8-19-34)35-20-9-3-10-21-35/h1-31H. The van der Waals surface area contributed by atoms with Crippen LogP contribution in [0.25, 0.3) is 17.2 Å². The smallest absolute Gasteiger partial charge is 0.0456 e. The van der Waals surface area contributed by atoms with Crippen molar-refractivity contribution in [3.63, 3.8) is 0 Å². The molecule has 2 heteroatoms. The van der Waals surface area contributed by atoms with Crippen molar-refractivity contribution in [1.82, 2.24) is 0 Å². The predicted octanol–water partition coefficient (Wildman–Crippen LogP) is 11.1. The molecule has 42 heavy (non-hydrogen) atoms. The molecule has 5 aromatic carbocycles. The Bertz CT molecular complexity index is 1730. The van der Waals surface area contributed by atoms with Crippen LogP contribution >= 0.6 is 11.3 Å². The van der Waals surface area contributed by atoms with E-state index in [-0.39, 0.29) is 0 Å². The van der Waals surface area contributed by atoms with Gasteiger partial charge in [0.25, 0.3) is 0 Å². The van der Waals surface area contributed by atoms with Gasteiger partial charge in [0.1, 0.15) is 0 Å². The van der Waals surface area contributed by atoms with Gasteiger partial charge in [-0.1, -0.05) is 146 Å². The van der Waals surface area contributed by atoms with Gasteiger partial charge in [0.05, 0.1) is 0 Å². The summed E-state index contributed by atoms with van der Waals surface area (Å²) < 4.78 is 0. The van der Waals surface area contributed by atoms with Crippen LogP contribution in [-0.4, -0.2) is 0 Å². The number of thiophene rings is 1. The van der Waals surface area contributed by atoms with E-state index >= 15 is 0 Å². The van der Waals surface area contributed by atoms with E-state index in [4.69, 9.17) is 0 Å². The average Bonchev–Trinajstić information content (AvgIpc) is 3.61. The zero-order valence-electron chi connectivity index (χ0n) is 23.3. The summed E-state index contributed by atoms with van der Waals surface area (Å²) in [6.07, 6.45) is 8.78. The summed E-state index contributed by atoms with van der Waals surface area (Å²) in [7, 11) is 0. The van der Waals surface area contributed by atoms with E-state index in [0.717, 1.165) is 22.5 Å². The van der Waals surface area contributed by atoms with Gasteiger partial charge in [-0.15, -0.1) is 11.3 Å². The van der Waals surface area contributed by atoms with Gasteiger partial charge in [0.2, 0.25) is 0 Å². The molecular formula is C40H31NS. The molecule has 6 rings (SSSR count). The molecule has 6 aromatic rings. The highest BCUT2D eigenvalue weighted by molar-refractivity contribution is 7.11. The first-order chi connectivity index (χ1) is 20.8. The molecule has 1 heterocycles. The number of para-hydroxylation sites is 1. The third kappa shape index (κ3) is 6.58. The number of rotatable bonds is 9. The predicted molar refractivity (Wildman–Crippen MR) is 182 cm³/mol. The Balaban J connectivity index is 1.34. The van der Waals surface area contributed by atoms with Crippen LogP contribution < -0.4 is 4.90 Å². The lowest BCUT2D eigenvalue weighted by molar-refractivity contribution is 1.28. The highest BCUT2D eigenvalue weighted by Gasteiger charge is 2.12. The van der Waals surface area contributed by atoms with Crippen LogP contribution in [0.1, 0.15) is 27.1 Å². The van der Waals surface area contributed by atoms with E-state index in [1.54, 1.807) is 11.3 Å². The molecule has 0 spiro atoms. The molecule has 0 radical (unpaired) electrons. The number of benzene rings is 5. The Kier molecular flexibility index (Phi) is 8.65. The van der Waals surface area contributed by atoms with Crippen molar-refractivity contribution in [3.8, 4) is 0 Å². The summed E-state index contributed by atoms with van der Waals surface area (Å²) in [5, 5.41) is 2.13. The summed E-state index contributed by atoms with van der Waals surface area (Å²) in [6, 6.07) is 55.3. The summed E-state index contributed by atoms with van der Waals surface area (Å²) in [5.74, 6) is 0. The molecule has 202 valence electrons. The largest absolute Gasteiger partial charge is 0.317 e. The molecule has 0 saturated heterocycles. The molecule has 0 unspecified atom stereocenters. The summed E-state index contributed by atoms with van der Waals surface area (Å²) in [4.78, 5) is 3.53. The maximum atomic E-state index is 2.27. The van der Waals surface area contributed by atoms with Crippen molar-refractivity contribution in [1.29, 1.82) is 0 Å². The summed E-state index contributed by atoms with van der Waals surface area (Å²) >= 11 is 1.76. The fraction of sp³-hybridized carbons (Fsp3) is 0. The number of hydrogen-bond acceptors (Lipinski definition) is 2. The summed E-state index contributed by atoms with van der Waals surface area (Å²) in [6.45, 7) is 0. The minimum atomic E-state index is 1.10. The second kappa shape index (κ2) is 13.5. The molecule has 0 saturated carbocycles. The van der Waals surface area contributed by atoms with Crippen molar-refractivity contribution >= 4 is 39.9 Å². The van der Waals surface area contributed by atoms with Crippen molar-refractivity contribution in [3.05, 3.63) is 209 Å². The second-order valence-electron chi connectivity index (χ2n) is 9.85. The third-order valence-corrected chi connectivity index (χ3v) is 7.96. The van der Waals surface area contributed by atoms with Crippen LogP contribution in [0.5, 0.6) is 0 Å². The lowest BCUT2D eigenvalue weighted by Gasteiger charge is -2.23. The SMILES string of the molecule is C(=Cc1ccc(N(C=C(c2ccccc2)c2ccccc2)c2ccccc2)cc1)C=C(c1ccccc1)c1cccs1. The van der Waals surface area contributed by atoms with Gasteiger partial charge in [0, 0.05) is 28.0 Å².